The van der Waals surface area contributed by atoms with Crippen molar-refractivity contribution >= 4 is 5.91 Å². The Morgan fingerprint density at radius 3 is 2.46 bits per heavy atom. The fraction of sp³-hybridized carbons (Fsp3) is 0.350. The van der Waals surface area contributed by atoms with Gasteiger partial charge in [-0.3, -0.25) is 4.79 Å². The van der Waals surface area contributed by atoms with Crippen LogP contribution in [0, 0.1) is 5.82 Å². The molecule has 1 unspecified atom stereocenters. The maximum Gasteiger partial charge on any atom is 0.275 e. The highest BCUT2D eigenvalue weighted by Gasteiger charge is 2.34. The molecule has 0 heterocycles. The van der Waals surface area contributed by atoms with Crippen molar-refractivity contribution < 1.29 is 14.1 Å². The molecule has 0 bridgehead atoms. The molecule has 24 heavy (non-hydrogen) atoms. The fourth-order valence-corrected chi connectivity index (χ4v) is 3.03. The summed E-state index contributed by atoms with van der Waals surface area (Å²) >= 11 is 0. The van der Waals surface area contributed by atoms with Crippen LogP contribution in [0.5, 0.6) is 0 Å². The van der Waals surface area contributed by atoms with E-state index in [1.807, 2.05) is 49.4 Å². The molecule has 1 fully saturated rings. The Morgan fingerprint density at radius 2 is 1.83 bits per heavy atom. The molecule has 126 valence electrons. The lowest BCUT2D eigenvalue weighted by Gasteiger charge is -2.21. The van der Waals surface area contributed by atoms with E-state index in [1.165, 1.54) is 17.0 Å². The molecule has 3 nitrogen and oxygen atoms in total. The van der Waals surface area contributed by atoms with Crippen LogP contribution in [0.15, 0.2) is 54.6 Å². The van der Waals surface area contributed by atoms with Gasteiger partial charge in [-0.15, -0.1) is 0 Å². The lowest BCUT2D eigenvalue weighted by molar-refractivity contribution is -0.917. The summed E-state index contributed by atoms with van der Waals surface area (Å²) in [5, 5.41) is 3.08. The minimum atomic E-state index is -0.221. The zero-order valence-electron chi connectivity index (χ0n) is 14.0. The van der Waals surface area contributed by atoms with Gasteiger partial charge in [-0.1, -0.05) is 42.5 Å². The van der Waals surface area contributed by atoms with Gasteiger partial charge in [0.1, 0.15) is 12.4 Å². The molecule has 1 aliphatic rings. The van der Waals surface area contributed by atoms with E-state index in [2.05, 4.69) is 5.32 Å². The van der Waals surface area contributed by atoms with E-state index in [1.54, 1.807) is 0 Å². The standard InChI is InChI=1S/C20H23FN2O/c1-15(17-5-3-2-4-6-17)22-20(24)14-23(19-11-12-19)13-16-7-9-18(21)10-8-16/h2-10,15,19H,11-14H2,1H3,(H,22,24)/p+1/t15-/m0/s1. The fourth-order valence-electron chi connectivity index (χ4n) is 3.03. The first-order valence-corrected chi connectivity index (χ1v) is 8.55. The van der Waals surface area contributed by atoms with E-state index in [-0.39, 0.29) is 17.8 Å². The SMILES string of the molecule is C[C@H](NC(=O)C[NH+](Cc1ccc(F)cc1)C1CC1)c1ccccc1. The van der Waals surface area contributed by atoms with Gasteiger partial charge in [0, 0.05) is 18.4 Å². The van der Waals surface area contributed by atoms with Gasteiger partial charge in [-0.2, -0.15) is 0 Å². The van der Waals surface area contributed by atoms with Crippen molar-refractivity contribution in [3.05, 3.63) is 71.5 Å². The Bertz CT molecular complexity index is 668. The normalized spacial score (nSPS) is 16.4. The van der Waals surface area contributed by atoms with Gasteiger partial charge in [0.05, 0.1) is 12.1 Å². The number of carbonyl (C=O) groups is 1. The third kappa shape index (κ3) is 4.65. The smallest absolute Gasteiger partial charge is 0.275 e. The number of amides is 1. The van der Waals surface area contributed by atoms with Crippen LogP contribution >= 0.6 is 0 Å². The third-order valence-electron chi connectivity index (χ3n) is 4.56. The predicted octanol–water partition coefficient (Wildman–Crippen LogP) is 2.25. The average molecular weight is 327 g/mol. The van der Waals surface area contributed by atoms with Crippen molar-refractivity contribution in [3.63, 3.8) is 0 Å². The molecule has 2 N–H and O–H groups in total. The van der Waals surface area contributed by atoms with Gasteiger partial charge in [0.25, 0.3) is 5.91 Å². The summed E-state index contributed by atoms with van der Waals surface area (Å²) in [6.45, 7) is 3.22. The summed E-state index contributed by atoms with van der Waals surface area (Å²) < 4.78 is 13.0. The van der Waals surface area contributed by atoms with Gasteiger partial charge >= 0.3 is 0 Å². The topological polar surface area (TPSA) is 33.5 Å². The number of nitrogens with one attached hydrogen (secondary N) is 2. The number of rotatable bonds is 7. The minimum Gasteiger partial charge on any atom is -0.345 e. The van der Waals surface area contributed by atoms with Crippen LogP contribution in [0.2, 0.25) is 0 Å². The Kier molecular flexibility index (Phi) is 5.26. The van der Waals surface area contributed by atoms with Crippen LogP contribution < -0.4 is 10.2 Å². The second-order valence-electron chi connectivity index (χ2n) is 6.61. The molecule has 0 saturated heterocycles. The highest BCUT2D eigenvalue weighted by molar-refractivity contribution is 5.77. The Hall–Kier alpha value is -2.20. The Morgan fingerprint density at radius 1 is 1.17 bits per heavy atom. The van der Waals surface area contributed by atoms with E-state index in [0.29, 0.717) is 12.6 Å². The molecule has 0 radical (unpaired) electrons. The van der Waals surface area contributed by atoms with E-state index < -0.39 is 0 Å². The largest absolute Gasteiger partial charge is 0.345 e. The number of benzene rings is 2. The number of quaternary nitrogens is 1. The Labute approximate surface area is 142 Å². The van der Waals surface area contributed by atoms with Gasteiger partial charge < -0.3 is 10.2 Å². The van der Waals surface area contributed by atoms with Crippen molar-refractivity contribution in [2.75, 3.05) is 6.54 Å². The summed E-state index contributed by atoms with van der Waals surface area (Å²) in [6, 6.07) is 17.1. The van der Waals surface area contributed by atoms with Crippen molar-refractivity contribution in [2.45, 2.75) is 38.4 Å². The highest BCUT2D eigenvalue weighted by Crippen LogP contribution is 2.16. The van der Waals surface area contributed by atoms with Gasteiger partial charge in [0.15, 0.2) is 6.54 Å². The van der Waals surface area contributed by atoms with Gasteiger partial charge in [-0.05, 0) is 24.6 Å². The molecular formula is C20H24FN2O+. The van der Waals surface area contributed by atoms with E-state index in [0.717, 1.165) is 30.5 Å². The van der Waals surface area contributed by atoms with Crippen molar-refractivity contribution in [1.82, 2.24) is 5.32 Å². The number of hydrogen-bond acceptors (Lipinski definition) is 1. The molecule has 4 heteroatoms. The van der Waals surface area contributed by atoms with Crippen molar-refractivity contribution in [3.8, 4) is 0 Å². The monoisotopic (exact) mass is 327 g/mol. The summed E-state index contributed by atoms with van der Waals surface area (Å²) in [5.41, 5.74) is 2.18. The molecular weight excluding hydrogens is 303 g/mol. The van der Waals surface area contributed by atoms with E-state index in [9.17, 15) is 9.18 Å². The van der Waals surface area contributed by atoms with Crippen molar-refractivity contribution in [2.24, 2.45) is 0 Å². The zero-order valence-corrected chi connectivity index (χ0v) is 14.0. The van der Waals surface area contributed by atoms with Crippen LogP contribution in [0.3, 0.4) is 0 Å². The Balaban J connectivity index is 1.57. The average Bonchev–Trinajstić information content (AvgIpc) is 3.42. The third-order valence-corrected chi connectivity index (χ3v) is 4.56. The van der Waals surface area contributed by atoms with Gasteiger partial charge in [-0.25, -0.2) is 4.39 Å². The maximum absolute atomic E-state index is 13.0. The maximum atomic E-state index is 13.0. The summed E-state index contributed by atoms with van der Waals surface area (Å²) in [5.74, 6) is -0.156. The molecule has 0 aliphatic heterocycles. The molecule has 1 amide bonds. The molecule has 2 atom stereocenters. The quantitative estimate of drug-likeness (QED) is 0.803. The molecule has 0 spiro atoms. The zero-order chi connectivity index (χ0) is 16.9. The number of hydrogen-bond donors (Lipinski definition) is 2. The predicted molar refractivity (Wildman–Crippen MR) is 92.0 cm³/mol. The summed E-state index contributed by atoms with van der Waals surface area (Å²) in [7, 11) is 0. The van der Waals surface area contributed by atoms with Crippen LogP contribution in [-0.2, 0) is 11.3 Å². The molecule has 1 aliphatic carbocycles. The lowest BCUT2D eigenvalue weighted by Crippen LogP contribution is -3.13. The first-order valence-electron chi connectivity index (χ1n) is 8.55. The minimum absolute atomic E-state index is 0.00461. The molecule has 3 rings (SSSR count). The second kappa shape index (κ2) is 7.58. The van der Waals surface area contributed by atoms with Crippen LogP contribution in [-0.4, -0.2) is 18.5 Å². The van der Waals surface area contributed by atoms with E-state index >= 15 is 0 Å². The lowest BCUT2D eigenvalue weighted by atomic mass is 10.1. The summed E-state index contributed by atoms with van der Waals surface area (Å²) in [6.07, 6.45) is 2.33. The van der Waals surface area contributed by atoms with Crippen LogP contribution in [0.1, 0.15) is 36.9 Å². The molecule has 2 aromatic carbocycles. The first-order chi connectivity index (χ1) is 11.6. The molecule has 0 aromatic heterocycles. The van der Waals surface area contributed by atoms with E-state index in [4.69, 9.17) is 0 Å². The summed E-state index contributed by atoms with van der Waals surface area (Å²) in [4.78, 5) is 13.7. The highest BCUT2D eigenvalue weighted by atomic mass is 19.1. The molecule has 2 aromatic rings. The van der Waals surface area contributed by atoms with Gasteiger partial charge in [0.2, 0.25) is 0 Å². The van der Waals surface area contributed by atoms with Crippen LogP contribution in [0.4, 0.5) is 4.39 Å². The number of halogens is 1. The second-order valence-corrected chi connectivity index (χ2v) is 6.61. The molecule has 1 saturated carbocycles. The van der Waals surface area contributed by atoms with Crippen LogP contribution in [0.25, 0.3) is 0 Å². The van der Waals surface area contributed by atoms with Crippen molar-refractivity contribution in [1.29, 1.82) is 0 Å². The first kappa shape index (κ1) is 16.7. The number of carbonyl (C=O) groups excluding carboxylic acids is 1.